The lowest BCUT2D eigenvalue weighted by atomic mass is 10.0. The molecular formula is C16H22ClNO. The topological polar surface area (TPSA) is 12.5 Å². The van der Waals surface area contributed by atoms with Crippen molar-refractivity contribution in [2.75, 3.05) is 19.0 Å². The number of likely N-dealkylation sites (tertiary alicyclic amines) is 1. The molecule has 1 aromatic carbocycles. The molecule has 0 aliphatic carbocycles. The lowest BCUT2D eigenvalue weighted by Crippen LogP contribution is -2.40. The molecule has 3 rings (SSSR count). The Bertz CT molecular complexity index is 462. The molecule has 2 nitrogen and oxygen atoms in total. The maximum Gasteiger partial charge on any atom is 0.123 e. The van der Waals surface area contributed by atoms with Crippen LogP contribution in [0.4, 0.5) is 0 Å². The van der Waals surface area contributed by atoms with E-state index < -0.39 is 0 Å². The second-order valence-corrected chi connectivity index (χ2v) is 6.35. The SMILES string of the molecule is Cc1ccc2c(c1)CC(CN1CCC(C)C1CCl)O2. The minimum Gasteiger partial charge on any atom is -0.488 e. The summed E-state index contributed by atoms with van der Waals surface area (Å²) in [6, 6.07) is 7.01. The summed E-state index contributed by atoms with van der Waals surface area (Å²) in [5, 5.41) is 0. The zero-order valence-electron chi connectivity index (χ0n) is 11.7. The molecule has 0 N–H and O–H groups in total. The molecule has 0 amide bonds. The summed E-state index contributed by atoms with van der Waals surface area (Å²) < 4.78 is 6.07. The highest BCUT2D eigenvalue weighted by atomic mass is 35.5. The number of halogens is 1. The molecule has 3 heteroatoms. The Balaban J connectivity index is 1.64. The fourth-order valence-electron chi connectivity index (χ4n) is 3.38. The van der Waals surface area contributed by atoms with Crippen LogP contribution in [0.1, 0.15) is 24.5 Å². The number of ether oxygens (including phenoxy) is 1. The molecule has 2 heterocycles. The molecule has 2 aliphatic rings. The summed E-state index contributed by atoms with van der Waals surface area (Å²) in [7, 11) is 0. The molecule has 3 atom stereocenters. The minimum absolute atomic E-state index is 0.299. The second kappa shape index (κ2) is 5.34. The zero-order valence-corrected chi connectivity index (χ0v) is 12.5. The number of hydrogen-bond acceptors (Lipinski definition) is 2. The van der Waals surface area contributed by atoms with Crippen LogP contribution in [0, 0.1) is 12.8 Å². The van der Waals surface area contributed by atoms with Gasteiger partial charge in [-0.25, -0.2) is 0 Å². The molecule has 2 aliphatic heterocycles. The van der Waals surface area contributed by atoms with E-state index in [1.807, 2.05) is 0 Å². The van der Waals surface area contributed by atoms with E-state index in [1.165, 1.54) is 17.5 Å². The van der Waals surface area contributed by atoms with E-state index in [0.29, 0.717) is 18.1 Å². The Hall–Kier alpha value is -0.730. The van der Waals surface area contributed by atoms with Gasteiger partial charge in [0.25, 0.3) is 0 Å². The van der Waals surface area contributed by atoms with Crippen molar-refractivity contribution in [2.24, 2.45) is 5.92 Å². The Kier molecular flexibility index (Phi) is 3.72. The van der Waals surface area contributed by atoms with Crippen LogP contribution >= 0.6 is 11.6 Å². The molecule has 1 aromatic rings. The largest absolute Gasteiger partial charge is 0.488 e. The zero-order chi connectivity index (χ0) is 13.4. The van der Waals surface area contributed by atoms with Gasteiger partial charge < -0.3 is 4.74 Å². The molecule has 0 aromatic heterocycles. The Morgan fingerprint density at radius 2 is 2.26 bits per heavy atom. The van der Waals surface area contributed by atoms with Crippen molar-refractivity contribution in [1.29, 1.82) is 0 Å². The average Bonchev–Trinajstić information content (AvgIpc) is 2.92. The average molecular weight is 280 g/mol. The smallest absolute Gasteiger partial charge is 0.123 e. The van der Waals surface area contributed by atoms with E-state index in [-0.39, 0.29) is 0 Å². The molecule has 1 fully saturated rings. The first-order valence-electron chi connectivity index (χ1n) is 7.23. The van der Waals surface area contributed by atoms with Crippen LogP contribution in [0.25, 0.3) is 0 Å². The summed E-state index contributed by atoms with van der Waals surface area (Å²) in [5.74, 6) is 2.52. The summed E-state index contributed by atoms with van der Waals surface area (Å²) >= 11 is 6.11. The summed E-state index contributed by atoms with van der Waals surface area (Å²) in [4.78, 5) is 2.51. The van der Waals surface area contributed by atoms with Gasteiger partial charge in [-0.05, 0) is 37.4 Å². The van der Waals surface area contributed by atoms with Gasteiger partial charge in [-0.3, -0.25) is 4.90 Å². The van der Waals surface area contributed by atoms with Gasteiger partial charge >= 0.3 is 0 Å². The van der Waals surface area contributed by atoms with Crippen LogP contribution in [0.2, 0.25) is 0 Å². The summed E-state index contributed by atoms with van der Waals surface area (Å²) in [5.41, 5.74) is 2.68. The Morgan fingerprint density at radius 1 is 1.42 bits per heavy atom. The number of fused-ring (bicyclic) bond motifs is 1. The third-order valence-electron chi connectivity index (χ3n) is 4.55. The van der Waals surface area contributed by atoms with Crippen LogP contribution in [-0.4, -0.2) is 36.0 Å². The lowest BCUT2D eigenvalue weighted by molar-refractivity contribution is 0.141. The molecule has 0 radical (unpaired) electrons. The predicted octanol–water partition coefficient (Wildman–Crippen LogP) is 3.25. The lowest BCUT2D eigenvalue weighted by Gasteiger charge is -2.27. The van der Waals surface area contributed by atoms with Crippen molar-refractivity contribution in [3.63, 3.8) is 0 Å². The number of aryl methyl sites for hydroxylation is 1. The number of rotatable bonds is 3. The van der Waals surface area contributed by atoms with Gasteiger partial charge in [0.2, 0.25) is 0 Å². The van der Waals surface area contributed by atoms with E-state index in [0.717, 1.165) is 31.1 Å². The number of benzene rings is 1. The van der Waals surface area contributed by atoms with Crippen molar-refractivity contribution in [3.05, 3.63) is 29.3 Å². The van der Waals surface area contributed by atoms with Crippen LogP contribution in [0.15, 0.2) is 18.2 Å². The third kappa shape index (κ3) is 2.61. The number of alkyl halides is 1. The van der Waals surface area contributed by atoms with Gasteiger partial charge in [-0.1, -0.05) is 24.6 Å². The van der Waals surface area contributed by atoms with Gasteiger partial charge in [0, 0.05) is 24.9 Å². The minimum atomic E-state index is 0.299. The van der Waals surface area contributed by atoms with Crippen molar-refractivity contribution >= 4 is 11.6 Å². The standard InChI is InChI=1S/C16H22ClNO/c1-11-3-4-16-13(7-11)8-14(19-16)10-18-6-5-12(2)15(18)9-17/h3-4,7,12,14-15H,5-6,8-10H2,1-2H3. The monoisotopic (exact) mass is 279 g/mol. The van der Waals surface area contributed by atoms with Crippen molar-refractivity contribution < 1.29 is 4.74 Å². The van der Waals surface area contributed by atoms with Crippen molar-refractivity contribution in [1.82, 2.24) is 4.90 Å². The van der Waals surface area contributed by atoms with Crippen molar-refractivity contribution in [2.45, 2.75) is 38.8 Å². The fourth-order valence-corrected chi connectivity index (χ4v) is 3.88. The quantitative estimate of drug-likeness (QED) is 0.788. The van der Waals surface area contributed by atoms with Crippen LogP contribution in [-0.2, 0) is 6.42 Å². The maximum absolute atomic E-state index is 6.11. The first kappa shape index (κ1) is 13.3. The first-order chi connectivity index (χ1) is 9.17. The second-order valence-electron chi connectivity index (χ2n) is 6.04. The molecular weight excluding hydrogens is 258 g/mol. The fraction of sp³-hybridized carbons (Fsp3) is 0.625. The molecule has 104 valence electrons. The van der Waals surface area contributed by atoms with E-state index in [4.69, 9.17) is 16.3 Å². The normalized spacial score (nSPS) is 30.4. The maximum atomic E-state index is 6.11. The predicted molar refractivity (Wildman–Crippen MR) is 79.2 cm³/mol. The highest BCUT2D eigenvalue weighted by molar-refractivity contribution is 6.18. The van der Waals surface area contributed by atoms with Gasteiger partial charge in [-0.2, -0.15) is 0 Å². The van der Waals surface area contributed by atoms with Gasteiger partial charge in [0.15, 0.2) is 0 Å². The van der Waals surface area contributed by atoms with Crippen LogP contribution in [0.5, 0.6) is 5.75 Å². The molecule has 3 unspecified atom stereocenters. The van der Waals surface area contributed by atoms with Crippen LogP contribution in [0.3, 0.4) is 0 Å². The highest BCUT2D eigenvalue weighted by Crippen LogP contribution is 2.32. The van der Waals surface area contributed by atoms with Gasteiger partial charge in [0.1, 0.15) is 11.9 Å². The third-order valence-corrected chi connectivity index (χ3v) is 4.87. The van der Waals surface area contributed by atoms with Crippen LogP contribution < -0.4 is 4.74 Å². The van der Waals surface area contributed by atoms with E-state index in [2.05, 4.69) is 36.9 Å². The Labute approximate surface area is 120 Å². The molecule has 0 spiro atoms. The summed E-state index contributed by atoms with van der Waals surface area (Å²) in [6.07, 6.45) is 2.60. The molecule has 0 saturated carbocycles. The number of hydrogen-bond donors (Lipinski definition) is 0. The molecule has 19 heavy (non-hydrogen) atoms. The van der Waals surface area contributed by atoms with E-state index in [1.54, 1.807) is 0 Å². The highest BCUT2D eigenvalue weighted by Gasteiger charge is 2.34. The van der Waals surface area contributed by atoms with Gasteiger partial charge in [-0.15, -0.1) is 11.6 Å². The van der Waals surface area contributed by atoms with E-state index in [9.17, 15) is 0 Å². The van der Waals surface area contributed by atoms with Crippen molar-refractivity contribution in [3.8, 4) is 5.75 Å². The Morgan fingerprint density at radius 3 is 3.05 bits per heavy atom. The first-order valence-corrected chi connectivity index (χ1v) is 7.77. The summed E-state index contributed by atoms with van der Waals surface area (Å²) in [6.45, 7) is 6.61. The van der Waals surface area contributed by atoms with E-state index >= 15 is 0 Å². The molecule has 1 saturated heterocycles. The number of nitrogens with zero attached hydrogens (tertiary/aromatic N) is 1. The molecule has 0 bridgehead atoms. The van der Waals surface area contributed by atoms with Gasteiger partial charge in [0.05, 0.1) is 0 Å².